The topological polar surface area (TPSA) is 69.7 Å². The SMILES string of the molecule is CNCCN(C)S(=O)(=O)c1cccc(C(=O)N2CC=C[C@@H]2C(C)C)c1. The summed E-state index contributed by atoms with van der Waals surface area (Å²) >= 11 is 0. The van der Waals surface area contributed by atoms with Crippen molar-refractivity contribution in [2.24, 2.45) is 5.92 Å². The quantitative estimate of drug-likeness (QED) is 0.745. The third kappa shape index (κ3) is 4.29. The van der Waals surface area contributed by atoms with Crippen molar-refractivity contribution in [3.63, 3.8) is 0 Å². The standard InChI is InChI=1S/C18H27N3O3S/c1-14(2)17-9-6-11-21(17)18(22)15-7-5-8-16(13-15)25(23,24)20(4)12-10-19-3/h5-9,13-14,17,19H,10-12H2,1-4H3/t17-/m1/s1. The third-order valence-corrected chi connectivity index (χ3v) is 6.26. The van der Waals surface area contributed by atoms with Gasteiger partial charge in [-0.2, -0.15) is 4.31 Å². The molecule has 25 heavy (non-hydrogen) atoms. The van der Waals surface area contributed by atoms with Gasteiger partial charge in [0.15, 0.2) is 0 Å². The Hall–Kier alpha value is -1.70. The van der Waals surface area contributed by atoms with Crippen LogP contribution in [0.2, 0.25) is 0 Å². The Bertz CT molecular complexity index is 744. The first kappa shape index (κ1) is 19.6. The fourth-order valence-corrected chi connectivity index (χ4v) is 4.08. The highest BCUT2D eigenvalue weighted by atomic mass is 32.2. The molecule has 0 unspecified atom stereocenters. The number of nitrogens with one attached hydrogen (secondary N) is 1. The summed E-state index contributed by atoms with van der Waals surface area (Å²) in [6, 6.07) is 6.35. The Morgan fingerprint density at radius 3 is 2.76 bits per heavy atom. The predicted octanol–water partition coefficient (Wildman–Crippen LogP) is 1.56. The van der Waals surface area contributed by atoms with E-state index in [1.807, 2.05) is 12.2 Å². The first-order chi connectivity index (χ1) is 11.8. The number of benzene rings is 1. The molecule has 1 aliphatic heterocycles. The van der Waals surface area contributed by atoms with Crippen LogP contribution in [0.1, 0.15) is 24.2 Å². The Balaban J connectivity index is 2.25. The molecule has 0 aromatic heterocycles. The minimum absolute atomic E-state index is 0.0473. The molecule has 1 aliphatic rings. The minimum Gasteiger partial charge on any atom is -0.328 e. The van der Waals surface area contributed by atoms with Crippen molar-refractivity contribution in [2.45, 2.75) is 24.8 Å². The second-order valence-corrected chi connectivity index (χ2v) is 8.62. The minimum atomic E-state index is -3.61. The van der Waals surface area contributed by atoms with E-state index in [-0.39, 0.29) is 16.8 Å². The summed E-state index contributed by atoms with van der Waals surface area (Å²) in [4.78, 5) is 14.8. The maximum absolute atomic E-state index is 12.9. The van der Waals surface area contributed by atoms with Gasteiger partial charge < -0.3 is 10.2 Å². The number of amides is 1. The Morgan fingerprint density at radius 1 is 1.40 bits per heavy atom. The van der Waals surface area contributed by atoms with Gasteiger partial charge in [0.2, 0.25) is 10.0 Å². The molecule has 1 aromatic rings. The van der Waals surface area contributed by atoms with Crippen LogP contribution in [-0.2, 0) is 10.0 Å². The van der Waals surface area contributed by atoms with Gasteiger partial charge in [0.1, 0.15) is 0 Å². The lowest BCUT2D eigenvalue weighted by molar-refractivity contribution is 0.0720. The summed E-state index contributed by atoms with van der Waals surface area (Å²) in [6.07, 6.45) is 4.02. The molecule has 6 nitrogen and oxygen atoms in total. The van der Waals surface area contributed by atoms with Crippen molar-refractivity contribution < 1.29 is 13.2 Å². The van der Waals surface area contributed by atoms with E-state index in [1.54, 1.807) is 31.1 Å². The van der Waals surface area contributed by atoms with Crippen LogP contribution in [0, 0.1) is 5.92 Å². The van der Waals surface area contributed by atoms with Crippen LogP contribution in [0.4, 0.5) is 0 Å². The molecular weight excluding hydrogens is 338 g/mol. The van der Waals surface area contributed by atoms with E-state index in [1.165, 1.54) is 16.4 Å². The van der Waals surface area contributed by atoms with Crippen LogP contribution < -0.4 is 5.32 Å². The van der Waals surface area contributed by atoms with E-state index >= 15 is 0 Å². The van der Waals surface area contributed by atoms with Gasteiger partial charge in [0.05, 0.1) is 10.9 Å². The zero-order valence-corrected chi connectivity index (χ0v) is 16.1. The molecule has 2 rings (SSSR count). The lowest BCUT2D eigenvalue weighted by atomic mass is 10.0. The number of likely N-dealkylation sites (N-methyl/N-ethyl adjacent to an activating group) is 2. The van der Waals surface area contributed by atoms with Crippen LogP contribution in [0.5, 0.6) is 0 Å². The lowest BCUT2D eigenvalue weighted by Crippen LogP contribution is -2.39. The number of sulfonamides is 1. The molecule has 0 saturated carbocycles. The van der Waals surface area contributed by atoms with Gasteiger partial charge in [-0.15, -0.1) is 0 Å². The van der Waals surface area contributed by atoms with Crippen LogP contribution in [0.25, 0.3) is 0 Å². The van der Waals surface area contributed by atoms with Crippen molar-refractivity contribution in [3.8, 4) is 0 Å². The van der Waals surface area contributed by atoms with Crippen molar-refractivity contribution >= 4 is 15.9 Å². The smallest absolute Gasteiger partial charge is 0.254 e. The molecule has 0 aliphatic carbocycles. The van der Waals surface area contributed by atoms with Gasteiger partial charge in [-0.25, -0.2) is 8.42 Å². The Morgan fingerprint density at radius 2 is 2.12 bits per heavy atom. The summed E-state index contributed by atoms with van der Waals surface area (Å²) < 4.78 is 26.6. The molecule has 0 saturated heterocycles. The molecule has 1 N–H and O–H groups in total. The molecule has 0 radical (unpaired) electrons. The molecule has 0 fully saturated rings. The van der Waals surface area contributed by atoms with Crippen LogP contribution >= 0.6 is 0 Å². The number of nitrogens with zero attached hydrogens (tertiary/aromatic N) is 2. The van der Waals surface area contributed by atoms with Crippen molar-refractivity contribution in [1.29, 1.82) is 0 Å². The normalized spacial score (nSPS) is 17.7. The van der Waals surface area contributed by atoms with Gasteiger partial charge in [0, 0.05) is 32.2 Å². The summed E-state index contributed by atoms with van der Waals surface area (Å²) in [7, 11) is -0.299. The van der Waals surface area contributed by atoms with Crippen molar-refractivity contribution in [1.82, 2.24) is 14.5 Å². The van der Waals surface area contributed by atoms with Crippen molar-refractivity contribution in [3.05, 3.63) is 42.0 Å². The number of carbonyl (C=O) groups is 1. The molecule has 0 bridgehead atoms. The van der Waals surface area contributed by atoms with Gasteiger partial charge in [0.25, 0.3) is 5.91 Å². The van der Waals surface area contributed by atoms with Gasteiger partial charge in [-0.1, -0.05) is 32.1 Å². The average Bonchev–Trinajstić information content (AvgIpc) is 3.09. The highest BCUT2D eigenvalue weighted by molar-refractivity contribution is 7.89. The number of carbonyl (C=O) groups excluding carboxylic acids is 1. The zero-order chi connectivity index (χ0) is 18.6. The van der Waals surface area contributed by atoms with Crippen LogP contribution in [0.15, 0.2) is 41.3 Å². The molecule has 1 amide bonds. The first-order valence-electron chi connectivity index (χ1n) is 8.47. The average molecular weight is 365 g/mol. The van der Waals surface area contributed by atoms with Crippen LogP contribution in [-0.4, -0.2) is 63.3 Å². The summed E-state index contributed by atoms with van der Waals surface area (Å²) in [5.74, 6) is 0.168. The second kappa shape index (κ2) is 8.12. The van der Waals surface area contributed by atoms with E-state index in [0.29, 0.717) is 31.1 Å². The fourth-order valence-electron chi connectivity index (χ4n) is 2.86. The largest absolute Gasteiger partial charge is 0.328 e. The number of hydrogen-bond acceptors (Lipinski definition) is 4. The zero-order valence-electron chi connectivity index (χ0n) is 15.3. The maximum atomic E-state index is 12.9. The van der Waals surface area contributed by atoms with Crippen molar-refractivity contribution in [2.75, 3.05) is 33.7 Å². The van der Waals surface area contributed by atoms with E-state index < -0.39 is 10.0 Å². The van der Waals surface area contributed by atoms with Gasteiger partial charge >= 0.3 is 0 Å². The van der Waals surface area contributed by atoms with E-state index in [4.69, 9.17) is 0 Å². The molecule has 7 heteroatoms. The summed E-state index contributed by atoms with van der Waals surface area (Å²) in [5.41, 5.74) is 0.400. The van der Waals surface area contributed by atoms with Gasteiger partial charge in [-0.3, -0.25) is 4.79 Å². The van der Waals surface area contributed by atoms with Crippen LogP contribution in [0.3, 0.4) is 0 Å². The highest BCUT2D eigenvalue weighted by Crippen LogP contribution is 2.22. The molecule has 1 heterocycles. The second-order valence-electron chi connectivity index (χ2n) is 6.58. The summed E-state index contributed by atoms with van der Waals surface area (Å²) in [6.45, 7) is 5.61. The molecule has 1 aromatic carbocycles. The van der Waals surface area contributed by atoms with E-state index in [0.717, 1.165) is 0 Å². The Labute approximate surface area is 150 Å². The molecule has 0 spiro atoms. The van der Waals surface area contributed by atoms with Gasteiger partial charge in [-0.05, 0) is 31.2 Å². The predicted molar refractivity (Wildman–Crippen MR) is 99.0 cm³/mol. The molecule has 138 valence electrons. The third-order valence-electron chi connectivity index (χ3n) is 4.41. The fraction of sp³-hybridized carbons (Fsp3) is 0.500. The first-order valence-corrected chi connectivity index (χ1v) is 9.91. The number of hydrogen-bond donors (Lipinski definition) is 1. The maximum Gasteiger partial charge on any atom is 0.254 e. The highest BCUT2D eigenvalue weighted by Gasteiger charge is 2.29. The molecule has 1 atom stereocenters. The monoisotopic (exact) mass is 365 g/mol. The lowest BCUT2D eigenvalue weighted by Gasteiger charge is -2.27. The summed E-state index contributed by atoms with van der Waals surface area (Å²) in [5, 5.41) is 2.93. The van der Waals surface area contributed by atoms with E-state index in [9.17, 15) is 13.2 Å². The molecular formula is C18H27N3O3S. The van der Waals surface area contributed by atoms with E-state index in [2.05, 4.69) is 19.2 Å². The Kier molecular flexibility index (Phi) is 6.37. The number of rotatable bonds is 7.